The Morgan fingerprint density at radius 1 is 1.08 bits per heavy atom. The molecule has 0 aliphatic rings. The van der Waals surface area contributed by atoms with Gasteiger partial charge in [0.1, 0.15) is 17.3 Å². The zero-order chi connectivity index (χ0) is 26.2. The van der Waals surface area contributed by atoms with Gasteiger partial charge in [-0.05, 0) is 50.1 Å². The molecule has 0 aliphatic heterocycles. The van der Waals surface area contributed by atoms with Gasteiger partial charge in [-0.1, -0.05) is 12.1 Å². The molecule has 2 N–H and O–H groups in total. The third-order valence-corrected chi connectivity index (χ3v) is 5.64. The number of amides is 1. The van der Waals surface area contributed by atoms with Crippen molar-refractivity contribution in [1.29, 1.82) is 0 Å². The largest absolute Gasteiger partial charge is 0.446 e. The lowest BCUT2D eigenvalue weighted by atomic mass is 9.94. The monoisotopic (exact) mass is 499 g/mol. The number of nitrogens with two attached hydrogens (primary N) is 1. The van der Waals surface area contributed by atoms with E-state index in [1.165, 1.54) is 24.1 Å². The SMILES string of the molecule is Cc1nc(CN(C)C(=O)c2cc(F)c(F)c(-c3nnc(C(C)(N)Cc4ccc(F)cc4)o3)c2)c(C)o1. The topological polar surface area (TPSA) is 111 Å². The predicted octanol–water partition coefficient (Wildman–Crippen LogP) is 4.45. The van der Waals surface area contributed by atoms with E-state index in [1.54, 1.807) is 32.9 Å². The molecule has 0 aliphatic carbocycles. The maximum absolute atomic E-state index is 14.7. The summed E-state index contributed by atoms with van der Waals surface area (Å²) in [7, 11) is 1.51. The molecule has 2 aromatic heterocycles. The van der Waals surface area contributed by atoms with Crippen molar-refractivity contribution in [3.05, 3.63) is 88.2 Å². The fraction of sp³-hybridized carbons (Fsp3) is 0.280. The van der Waals surface area contributed by atoms with Crippen LogP contribution in [-0.4, -0.2) is 33.0 Å². The first-order chi connectivity index (χ1) is 16.9. The van der Waals surface area contributed by atoms with Crippen molar-refractivity contribution in [2.75, 3.05) is 7.05 Å². The number of carbonyl (C=O) groups excluding carboxylic acids is 1. The highest BCUT2D eigenvalue weighted by Crippen LogP contribution is 2.29. The van der Waals surface area contributed by atoms with Crippen molar-refractivity contribution in [3.8, 4) is 11.5 Å². The predicted molar refractivity (Wildman–Crippen MR) is 123 cm³/mol. The molecule has 0 saturated heterocycles. The van der Waals surface area contributed by atoms with Gasteiger partial charge in [0.05, 0.1) is 17.6 Å². The van der Waals surface area contributed by atoms with E-state index in [2.05, 4.69) is 15.2 Å². The van der Waals surface area contributed by atoms with Crippen LogP contribution in [0.4, 0.5) is 13.2 Å². The van der Waals surface area contributed by atoms with Crippen LogP contribution < -0.4 is 5.73 Å². The van der Waals surface area contributed by atoms with E-state index in [0.29, 0.717) is 22.9 Å². The smallest absolute Gasteiger partial charge is 0.254 e. The van der Waals surface area contributed by atoms with Gasteiger partial charge in [0, 0.05) is 19.5 Å². The Labute approximate surface area is 204 Å². The molecule has 0 bridgehead atoms. The average molecular weight is 499 g/mol. The zero-order valence-electron chi connectivity index (χ0n) is 20.1. The van der Waals surface area contributed by atoms with Crippen LogP contribution in [0.3, 0.4) is 0 Å². The molecule has 0 radical (unpaired) electrons. The minimum atomic E-state index is -1.25. The first-order valence-corrected chi connectivity index (χ1v) is 11.0. The molecule has 36 heavy (non-hydrogen) atoms. The number of nitrogens with zero attached hydrogens (tertiary/aromatic N) is 4. The molecule has 2 aromatic carbocycles. The second-order valence-electron chi connectivity index (χ2n) is 8.85. The van der Waals surface area contributed by atoms with Crippen molar-refractivity contribution < 1.29 is 26.8 Å². The van der Waals surface area contributed by atoms with Crippen LogP contribution in [0, 0.1) is 31.3 Å². The molecular weight excluding hydrogens is 475 g/mol. The molecule has 11 heteroatoms. The second kappa shape index (κ2) is 9.57. The van der Waals surface area contributed by atoms with Gasteiger partial charge in [0.25, 0.3) is 11.8 Å². The summed E-state index contributed by atoms with van der Waals surface area (Å²) < 4.78 is 53.4. The molecule has 1 unspecified atom stereocenters. The summed E-state index contributed by atoms with van der Waals surface area (Å²) in [6.07, 6.45) is 0.218. The standard InChI is InChI=1S/C25H24F3N5O3/c1-13-20(30-14(2)35-13)12-33(4)23(34)16-9-18(21(28)19(27)10-16)22-31-32-24(36-22)25(3,29)11-15-5-7-17(26)8-6-15/h5-10H,11-12,29H2,1-4H3. The Kier molecular flexibility index (Phi) is 6.68. The number of hydrogen-bond acceptors (Lipinski definition) is 7. The summed E-state index contributed by atoms with van der Waals surface area (Å²) >= 11 is 0. The summed E-state index contributed by atoms with van der Waals surface area (Å²) in [5.41, 5.74) is 5.93. The quantitative estimate of drug-likeness (QED) is 0.400. The number of oxazole rings is 1. The maximum Gasteiger partial charge on any atom is 0.254 e. The van der Waals surface area contributed by atoms with E-state index >= 15 is 0 Å². The first-order valence-electron chi connectivity index (χ1n) is 11.0. The fourth-order valence-electron chi connectivity index (χ4n) is 3.77. The summed E-state index contributed by atoms with van der Waals surface area (Å²) in [5, 5.41) is 7.73. The molecule has 188 valence electrons. The van der Waals surface area contributed by atoms with Crippen LogP contribution in [-0.2, 0) is 18.5 Å². The Bertz CT molecular complexity index is 1410. The molecule has 0 fully saturated rings. The Balaban J connectivity index is 1.60. The lowest BCUT2D eigenvalue weighted by molar-refractivity contribution is 0.0782. The molecule has 0 saturated carbocycles. The van der Waals surface area contributed by atoms with Crippen LogP contribution >= 0.6 is 0 Å². The minimum Gasteiger partial charge on any atom is -0.446 e. The lowest BCUT2D eigenvalue weighted by Gasteiger charge is -2.20. The normalized spacial score (nSPS) is 13.0. The number of benzene rings is 2. The van der Waals surface area contributed by atoms with Crippen molar-refractivity contribution in [1.82, 2.24) is 20.1 Å². The van der Waals surface area contributed by atoms with Crippen LogP contribution in [0.1, 0.15) is 46.1 Å². The van der Waals surface area contributed by atoms with Crippen LogP contribution in [0.15, 0.2) is 45.2 Å². The van der Waals surface area contributed by atoms with Crippen molar-refractivity contribution in [2.24, 2.45) is 5.73 Å². The maximum atomic E-state index is 14.7. The third-order valence-electron chi connectivity index (χ3n) is 5.64. The van der Waals surface area contributed by atoms with Crippen molar-refractivity contribution >= 4 is 5.91 Å². The van der Waals surface area contributed by atoms with Crippen molar-refractivity contribution in [2.45, 2.75) is 39.3 Å². The number of halogens is 3. The average Bonchev–Trinajstić information content (AvgIpc) is 3.43. The van der Waals surface area contributed by atoms with E-state index < -0.39 is 23.1 Å². The Morgan fingerprint density at radius 3 is 2.42 bits per heavy atom. The molecule has 8 nitrogen and oxygen atoms in total. The van der Waals surface area contributed by atoms with Gasteiger partial charge in [-0.15, -0.1) is 10.2 Å². The van der Waals surface area contributed by atoms with Gasteiger partial charge < -0.3 is 19.5 Å². The Hall–Kier alpha value is -3.99. The highest BCUT2D eigenvalue weighted by Gasteiger charge is 2.30. The summed E-state index contributed by atoms with van der Waals surface area (Å²) in [6.45, 7) is 5.13. The molecular formula is C25H24F3N5O3. The number of aromatic nitrogens is 3. The lowest BCUT2D eigenvalue weighted by Crippen LogP contribution is -2.35. The van der Waals surface area contributed by atoms with Crippen LogP contribution in [0.5, 0.6) is 0 Å². The van der Waals surface area contributed by atoms with Gasteiger partial charge in [0.15, 0.2) is 17.5 Å². The van der Waals surface area contributed by atoms with E-state index in [4.69, 9.17) is 14.6 Å². The number of rotatable bonds is 7. The molecule has 1 amide bonds. The number of carbonyl (C=O) groups is 1. The van der Waals surface area contributed by atoms with Gasteiger partial charge in [-0.2, -0.15) is 0 Å². The van der Waals surface area contributed by atoms with E-state index in [-0.39, 0.29) is 41.7 Å². The van der Waals surface area contributed by atoms with Crippen molar-refractivity contribution in [3.63, 3.8) is 0 Å². The minimum absolute atomic E-state index is 0.0349. The fourth-order valence-corrected chi connectivity index (χ4v) is 3.77. The first kappa shape index (κ1) is 25.1. The zero-order valence-corrected chi connectivity index (χ0v) is 20.1. The van der Waals surface area contributed by atoms with Gasteiger partial charge >= 0.3 is 0 Å². The molecule has 4 aromatic rings. The highest BCUT2D eigenvalue weighted by atomic mass is 19.2. The van der Waals surface area contributed by atoms with E-state index in [9.17, 15) is 18.0 Å². The van der Waals surface area contributed by atoms with Gasteiger partial charge in [0.2, 0.25) is 5.89 Å². The summed E-state index contributed by atoms with van der Waals surface area (Å²) in [5.74, 6) is -2.82. The number of aryl methyl sites for hydroxylation is 2. The van der Waals surface area contributed by atoms with Gasteiger partial charge in [-0.3, -0.25) is 4.79 Å². The van der Waals surface area contributed by atoms with Gasteiger partial charge in [-0.25, -0.2) is 18.2 Å². The third kappa shape index (κ3) is 5.15. The van der Waals surface area contributed by atoms with E-state index in [1.807, 2.05) is 0 Å². The second-order valence-corrected chi connectivity index (χ2v) is 8.85. The summed E-state index contributed by atoms with van der Waals surface area (Å²) in [6, 6.07) is 7.68. The van der Waals surface area contributed by atoms with Crippen LogP contribution in [0.2, 0.25) is 0 Å². The molecule has 4 rings (SSSR count). The van der Waals surface area contributed by atoms with Crippen LogP contribution in [0.25, 0.3) is 11.5 Å². The number of hydrogen-bond donors (Lipinski definition) is 1. The van der Waals surface area contributed by atoms with E-state index in [0.717, 1.165) is 12.1 Å². The molecule has 0 spiro atoms. The molecule has 2 heterocycles. The summed E-state index contributed by atoms with van der Waals surface area (Å²) in [4.78, 5) is 18.5. The highest BCUT2D eigenvalue weighted by molar-refractivity contribution is 5.95. The Morgan fingerprint density at radius 2 is 1.78 bits per heavy atom. The molecule has 1 atom stereocenters.